The summed E-state index contributed by atoms with van der Waals surface area (Å²) in [5, 5.41) is 10.8. The van der Waals surface area contributed by atoms with Crippen molar-refractivity contribution in [2.24, 2.45) is 0 Å². The molecule has 48 heavy (non-hydrogen) atoms. The topological polar surface area (TPSA) is 84.0 Å². The lowest BCUT2D eigenvalue weighted by Crippen LogP contribution is -2.12. The Labute approximate surface area is 276 Å². The van der Waals surface area contributed by atoms with Gasteiger partial charge in [-0.1, -0.05) is 103 Å². The molecule has 7 aromatic carbocycles. The lowest BCUT2D eigenvalue weighted by molar-refractivity contribution is 0.102. The van der Waals surface area contributed by atoms with Gasteiger partial charge >= 0.3 is 0 Å². The number of amides is 2. The number of aromatic nitrogens is 2. The molecule has 0 unspecified atom stereocenters. The predicted octanol–water partition coefficient (Wildman–Crippen LogP) is 9.77. The van der Waals surface area contributed by atoms with Crippen molar-refractivity contribution < 1.29 is 9.59 Å². The molecule has 1 aromatic heterocycles. The highest BCUT2D eigenvalue weighted by atomic mass is 16.2. The van der Waals surface area contributed by atoms with Gasteiger partial charge in [0.15, 0.2) is 5.82 Å². The summed E-state index contributed by atoms with van der Waals surface area (Å²) in [6, 6.07) is 50.4. The summed E-state index contributed by atoms with van der Waals surface area (Å²) in [7, 11) is 0. The maximum Gasteiger partial charge on any atom is 0.256 e. The van der Waals surface area contributed by atoms with Crippen LogP contribution in [0, 0.1) is 0 Å². The van der Waals surface area contributed by atoms with Gasteiger partial charge < -0.3 is 10.6 Å². The number of hydrogen-bond donors (Lipinski definition) is 2. The van der Waals surface area contributed by atoms with Crippen molar-refractivity contribution in [1.82, 2.24) is 9.97 Å². The molecule has 0 saturated heterocycles. The molecule has 8 rings (SSSR count). The van der Waals surface area contributed by atoms with Crippen LogP contribution in [0.1, 0.15) is 20.7 Å². The summed E-state index contributed by atoms with van der Waals surface area (Å²) in [5.74, 6) is 0.246. The van der Waals surface area contributed by atoms with Crippen LogP contribution < -0.4 is 10.6 Å². The molecule has 8 aromatic rings. The zero-order valence-corrected chi connectivity index (χ0v) is 25.7. The molecule has 2 N–H and O–H groups in total. The second-order valence-electron chi connectivity index (χ2n) is 11.5. The second kappa shape index (κ2) is 12.3. The molecule has 0 spiro atoms. The van der Waals surface area contributed by atoms with Crippen molar-refractivity contribution in [2.75, 3.05) is 10.6 Å². The van der Waals surface area contributed by atoms with E-state index < -0.39 is 0 Å². The maximum absolute atomic E-state index is 13.2. The van der Waals surface area contributed by atoms with Gasteiger partial charge in [-0.05, 0) is 76.1 Å². The number of anilines is 2. The Morgan fingerprint density at radius 3 is 1.44 bits per heavy atom. The fourth-order valence-corrected chi connectivity index (χ4v) is 6.08. The molecule has 1 heterocycles. The van der Waals surface area contributed by atoms with E-state index in [1.165, 1.54) is 0 Å². The zero-order valence-electron chi connectivity index (χ0n) is 25.7. The first-order valence-electron chi connectivity index (χ1n) is 15.7. The van der Waals surface area contributed by atoms with Crippen molar-refractivity contribution in [1.29, 1.82) is 0 Å². The average Bonchev–Trinajstić information content (AvgIpc) is 3.14. The van der Waals surface area contributed by atoms with Crippen LogP contribution in [0.5, 0.6) is 0 Å². The van der Waals surface area contributed by atoms with Gasteiger partial charge in [-0.25, -0.2) is 9.97 Å². The van der Waals surface area contributed by atoms with Gasteiger partial charge in [0.05, 0.1) is 11.2 Å². The summed E-state index contributed by atoms with van der Waals surface area (Å²) in [4.78, 5) is 36.3. The Bertz CT molecular complexity index is 2480. The van der Waals surface area contributed by atoms with Crippen LogP contribution >= 0.6 is 0 Å². The molecule has 0 aliphatic carbocycles. The minimum atomic E-state index is -0.166. The first-order valence-corrected chi connectivity index (χ1v) is 15.7. The Balaban J connectivity index is 1.05. The smallest absolute Gasteiger partial charge is 0.256 e. The molecule has 0 atom stereocenters. The molecular weight excluding hydrogens is 592 g/mol. The minimum Gasteiger partial charge on any atom is -0.322 e. The number of carbonyl (C=O) groups excluding carboxylic acids is 2. The normalized spacial score (nSPS) is 11.1. The summed E-state index contributed by atoms with van der Waals surface area (Å²) < 4.78 is 0. The van der Waals surface area contributed by atoms with E-state index in [2.05, 4.69) is 10.6 Å². The van der Waals surface area contributed by atoms with Gasteiger partial charge in [-0.2, -0.15) is 0 Å². The molecule has 0 bridgehead atoms. The monoisotopic (exact) mass is 620 g/mol. The summed E-state index contributed by atoms with van der Waals surface area (Å²) in [6.45, 7) is 0. The number of nitrogens with zero attached hydrogens (tertiary/aromatic N) is 2. The minimum absolute atomic E-state index is 0.161. The van der Waals surface area contributed by atoms with Crippen molar-refractivity contribution in [3.05, 3.63) is 169 Å². The quantitative estimate of drug-likeness (QED) is 0.194. The van der Waals surface area contributed by atoms with E-state index in [0.717, 1.165) is 49.3 Å². The van der Waals surface area contributed by atoms with Crippen LogP contribution in [0.15, 0.2) is 158 Å². The molecule has 0 aliphatic rings. The molecule has 0 saturated carbocycles. The summed E-state index contributed by atoms with van der Waals surface area (Å²) in [5.41, 5.74) is 5.95. The predicted molar refractivity (Wildman–Crippen MR) is 194 cm³/mol. The summed E-state index contributed by atoms with van der Waals surface area (Å²) >= 11 is 0. The van der Waals surface area contributed by atoms with Gasteiger partial charge in [0, 0.05) is 39.0 Å². The number of hydrogen-bond acceptors (Lipinski definition) is 4. The molecule has 6 heteroatoms. The van der Waals surface area contributed by atoms with Gasteiger partial charge in [0.2, 0.25) is 0 Å². The number of rotatable bonds is 6. The lowest BCUT2D eigenvalue weighted by atomic mass is 10.0. The molecule has 228 valence electrons. The average molecular weight is 621 g/mol. The third-order valence-electron chi connectivity index (χ3n) is 8.49. The highest BCUT2D eigenvalue weighted by Crippen LogP contribution is 2.31. The van der Waals surface area contributed by atoms with E-state index in [9.17, 15) is 9.59 Å². The Hall–Kier alpha value is -6.66. The highest BCUT2D eigenvalue weighted by molar-refractivity contribution is 6.14. The molecule has 0 fully saturated rings. The van der Waals surface area contributed by atoms with Crippen LogP contribution in [0.4, 0.5) is 11.4 Å². The number of fused-ring (bicyclic) bond motifs is 3. The van der Waals surface area contributed by atoms with Crippen LogP contribution in [0.2, 0.25) is 0 Å². The van der Waals surface area contributed by atoms with Crippen LogP contribution in [0.3, 0.4) is 0 Å². The van der Waals surface area contributed by atoms with E-state index in [-0.39, 0.29) is 11.8 Å². The van der Waals surface area contributed by atoms with E-state index >= 15 is 0 Å². The largest absolute Gasteiger partial charge is 0.322 e. The SMILES string of the molecule is O=C(Nc1ccc(-c2nc(-c3ccc(NC(=O)c4cccc5ccccc45)cc3)c3ccccc3n2)cc1)c1cccc2ccccc12. The van der Waals surface area contributed by atoms with E-state index in [1.54, 1.807) is 0 Å². The van der Waals surface area contributed by atoms with Crippen LogP contribution in [0.25, 0.3) is 55.1 Å². The molecular formula is C42H28N4O2. The lowest BCUT2D eigenvalue weighted by Gasteiger charge is -2.12. The first-order chi connectivity index (χ1) is 23.6. The van der Waals surface area contributed by atoms with E-state index in [4.69, 9.17) is 9.97 Å². The fraction of sp³-hybridized carbons (Fsp3) is 0. The molecule has 0 aliphatic heterocycles. The third-order valence-corrected chi connectivity index (χ3v) is 8.49. The standard InChI is InChI=1S/C42H28N4O2/c47-41(35-16-7-11-27-9-1-3-13-33(27)35)43-31-23-19-29(20-24-31)39-37-15-5-6-18-38(37)45-40(46-39)30-21-25-32(26-22-30)44-42(48)36-17-8-12-28-10-2-4-14-34(28)36/h1-26H,(H,43,47)(H,44,48). The zero-order chi connectivity index (χ0) is 32.5. The van der Waals surface area contributed by atoms with Gasteiger partial charge in [-0.15, -0.1) is 0 Å². The third kappa shape index (κ3) is 5.52. The van der Waals surface area contributed by atoms with Crippen molar-refractivity contribution >= 4 is 55.6 Å². The van der Waals surface area contributed by atoms with E-state index in [0.29, 0.717) is 28.3 Å². The van der Waals surface area contributed by atoms with Gasteiger partial charge in [0.1, 0.15) is 0 Å². The fourth-order valence-electron chi connectivity index (χ4n) is 6.08. The van der Waals surface area contributed by atoms with Crippen molar-refractivity contribution in [2.45, 2.75) is 0 Å². The van der Waals surface area contributed by atoms with E-state index in [1.807, 2.05) is 158 Å². The van der Waals surface area contributed by atoms with Crippen LogP contribution in [-0.4, -0.2) is 21.8 Å². The summed E-state index contributed by atoms with van der Waals surface area (Å²) in [6.07, 6.45) is 0. The number of carbonyl (C=O) groups is 2. The van der Waals surface area contributed by atoms with Crippen molar-refractivity contribution in [3.8, 4) is 22.6 Å². The molecule has 0 radical (unpaired) electrons. The Morgan fingerprint density at radius 2 is 0.875 bits per heavy atom. The maximum atomic E-state index is 13.2. The van der Waals surface area contributed by atoms with Crippen LogP contribution in [-0.2, 0) is 0 Å². The van der Waals surface area contributed by atoms with Gasteiger partial charge in [0.25, 0.3) is 11.8 Å². The number of nitrogens with one attached hydrogen (secondary N) is 2. The second-order valence-corrected chi connectivity index (χ2v) is 11.5. The first kappa shape index (κ1) is 28.8. The molecule has 2 amide bonds. The van der Waals surface area contributed by atoms with Crippen molar-refractivity contribution in [3.63, 3.8) is 0 Å². The highest BCUT2D eigenvalue weighted by Gasteiger charge is 2.15. The molecule has 6 nitrogen and oxygen atoms in total. The number of benzene rings is 7. The van der Waals surface area contributed by atoms with Gasteiger partial charge in [-0.3, -0.25) is 9.59 Å². The Kier molecular flexibility index (Phi) is 7.36. The Morgan fingerprint density at radius 1 is 0.417 bits per heavy atom. The number of para-hydroxylation sites is 1.